The lowest BCUT2D eigenvalue weighted by Crippen LogP contribution is -2.24. The van der Waals surface area contributed by atoms with E-state index >= 15 is 0 Å². The van der Waals surface area contributed by atoms with Crippen molar-refractivity contribution in [3.8, 4) is 0 Å². The van der Waals surface area contributed by atoms with Crippen LogP contribution in [0.15, 0.2) is 23.8 Å². The summed E-state index contributed by atoms with van der Waals surface area (Å²) < 4.78 is 0. The third-order valence-electron chi connectivity index (χ3n) is 2.80. The van der Waals surface area contributed by atoms with Crippen molar-refractivity contribution >= 4 is 7.92 Å². The summed E-state index contributed by atoms with van der Waals surface area (Å²) in [4.78, 5) is 0. The highest BCUT2D eigenvalue weighted by atomic mass is 31.1. The van der Waals surface area contributed by atoms with Crippen LogP contribution in [0.4, 0.5) is 0 Å². The Labute approximate surface area is 90.2 Å². The molecule has 80 valence electrons. The van der Waals surface area contributed by atoms with Gasteiger partial charge in [-0.2, -0.15) is 0 Å². The topological polar surface area (TPSA) is 0 Å². The molecule has 0 aromatic heterocycles. The zero-order valence-corrected chi connectivity index (χ0v) is 11.1. The van der Waals surface area contributed by atoms with E-state index in [1.54, 1.807) is 5.57 Å². The van der Waals surface area contributed by atoms with Crippen molar-refractivity contribution in [2.45, 2.75) is 27.2 Å². The van der Waals surface area contributed by atoms with Crippen LogP contribution in [0.2, 0.25) is 0 Å². The van der Waals surface area contributed by atoms with Gasteiger partial charge in [-0.15, -0.1) is 7.92 Å². The summed E-state index contributed by atoms with van der Waals surface area (Å²) in [7, 11) is 0.205. The molecule has 0 amide bonds. The van der Waals surface area contributed by atoms with Crippen LogP contribution in [-0.4, -0.2) is 19.5 Å². The summed E-state index contributed by atoms with van der Waals surface area (Å²) in [5, 5.41) is 0. The van der Waals surface area contributed by atoms with E-state index in [1.165, 1.54) is 6.16 Å². The summed E-state index contributed by atoms with van der Waals surface area (Å²) in [6, 6.07) is 0. The molecule has 1 heteroatoms. The zero-order chi connectivity index (χ0) is 10.8. The summed E-state index contributed by atoms with van der Waals surface area (Å²) >= 11 is 0. The maximum Gasteiger partial charge on any atom is -0.00773 e. The van der Waals surface area contributed by atoms with Gasteiger partial charge in [0.05, 0.1) is 0 Å². The number of hydrogen-bond donors (Lipinski definition) is 0. The van der Waals surface area contributed by atoms with Crippen molar-refractivity contribution in [3.05, 3.63) is 23.8 Å². The van der Waals surface area contributed by atoms with Crippen LogP contribution < -0.4 is 0 Å². The number of rotatable bonds is 3. The molecule has 0 N–H and O–H groups in total. The summed E-state index contributed by atoms with van der Waals surface area (Å²) in [5.74, 6) is 0.752. The van der Waals surface area contributed by atoms with Crippen molar-refractivity contribution < 1.29 is 0 Å². The van der Waals surface area contributed by atoms with Crippen molar-refractivity contribution in [2.75, 3.05) is 19.5 Å². The smallest absolute Gasteiger partial charge is 0.00773 e. The van der Waals surface area contributed by atoms with Crippen molar-refractivity contribution in [2.24, 2.45) is 11.3 Å². The monoisotopic (exact) mass is 210 g/mol. The lowest BCUT2D eigenvalue weighted by atomic mass is 9.77. The highest BCUT2D eigenvalue weighted by molar-refractivity contribution is 7.56. The molecule has 0 aromatic carbocycles. The van der Waals surface area contributed by atoms with Crippen molar-refractivity contribution in [1.29, 1.82) is 0 Å². The minimum absolute atomic E-state index is 0.205. The molecule has 0 aromatic rings. The molecular weight excluding hydrogens is 187 g/mol. The molecule has 0 fully saturated rings. The van der Waals surface area contributed by atoms with Gasteiger partial charge in [0, 0.05) is 0 Å². The third-order valence-corrected chi connectivity index (χ3v) is 3.89. The van der Waals surface area contributed by atoms with E-state index in [0.717, 1.165) is 12.3 Å². The normalized spacial score (nSPS) is 18.9. The number of hydrogen-bond acceptors (Lipinski definition) is 0. The van der Waals surface area contributed by atoms with E-state index in [2.05, 4.69) is 52.3 Å². The third kappa shape index (κ3) is 3.24. The Morgan fingerprint density at radius 2 is 2.00 bits per heavy atom. The molecule has 0 saturated carbocycles. The molecule has 0 saturated heterocycles. The molecule has 1 atom stereocenters. The Balaban J connectivity index is 2.77. The fourth-order valence-corrected chi connectivity index (χ4v) is 3.47. The van der Waals surface area contributed by atoms with Crippen molar-refractivity contribution in [1.82, 2.24) is 0 Å². The summed E-state index contributed by atoms with van der Waals surface area (Å²) in [6.45, 7) is 11.9. The van der Waals surface area contributed by atoms with Gasteiger partial charge < -0.3 is 0 Å². The largest absolute Gasteiger partial charge is 0.113 e. The zero-order valence-electron chi connectivity index (χ0n) is 10.2. The van der Waals surface area contributed by atoms with Crippen LogP contribution in [-0.2, 0) is 0 Å². The molecule has 1 aliphatic rings. The van der Waals surface area contributed by atoms with E-state index in [1.807, 2.05) is 0 Å². The van der Waals surface area contributed by atoms with E-state index < -0.39 is 0 Å². The van der Waals surface area contributed by atoms with E-state index in [4.69, 9.17) is 0 Å². The molecule has 14 heavy (non-hydrogen) atoms. The standard InChI is InChI=1S/C13H23P/c1-13(2,3)12(10-14(4)5)11-8-6-7-9-11/h6,8-9,12H,7,10H2,1-5H3. The summed E-state index contributed by atoms with van der Waals surface area (Å²) in [5.41, 5.74) is 1.99. The first kappa shape index (κ1) is 12.0. The van der Waals surface area contributed by atoms with E-state index in [9.17, 15) is 0 Å². The Kier molecular flexibility index (Phi) is 3.95. The molecule has 0 nitrogen and oxygen atoms in total. The van der Waals surface area contributed by atoms with Gasteiger partial charge in [0.1, 0.15) is 0 Å². The van der Waals surface area contributed by atoms with Gasteiger partial charge in [-0.3, -0.25) is 0 Å². The predicted octanol–water partition coefficient (Wildman–Crippen LogP) is 4.28. The molecule has 1 rings (SSSR count). The van der Waals surface area contributed by atoms with Crippen molar-refractivity contribution in [3.63, 3.8) is 0 Å². The minimum atomic E-state index is 0.205. The van der Waals surface area contributed by atoms with Gasteiger partial charge >= 0.3 is 0 Å². The molecule has 0 bridgehead atoms. The molecule has 0 spiro atoms. The first-order chi connectivity index (χ1) is 6.41. The van der Waals surface area contributed by atoms with E-state index in [0.29, 0.717) is 5.41 Å². The lowest BCUT2D eigenvalue weighted by molar-refractivity contribution is 0.309. The molecule has 0 aliphatic heterocycles. The van der Waals surface area contributed by atoms with Gasteiger partial charge in [-0.05, 0) is 42.8 Å². The second-order valence-corrected chi connectivity index (χ2v) is 8.05. The average molecular weight is 210 g/mol. The van der Waals surface area contributed by atoms with Gasteiger partial charge in [0.2, 0.25) is 0 Å². The Hall–Kier alpha value is -0.0900. The second kappa shape index (κ2) is 4.62. The molecule has 0 radical (unpaired) electrons. The van der Waals surface area contributed by atoms with Crippen LogP contribution in [0.25, 0.3) is 0 Å². The fourth-order valence-electron chi connectivity index (χ4n) is 1.98. The maximum atomic E-state index is 2.40. The van der Waals surface area contributed by atoms with Gasteiger partial charge in [-0.25, -0.2) is 0 Å². The van der Waals surface area contributed by atoms with Gasteiger partial charge in [0.25, 0.3) is 0 Å². The van der Waals surface area contributed by atoms with Gasteiger partial charge in [-0.1, -0.05) is 39.0 Å². The molecule has 1 aliphatic carbocycles. The highest BCUT2D eigenvalue weighted by Gasteiger charge is 2.27. The van der Waals surface area contributed by atoms with Gasteiger partial charge in [0.15, 0.2) is 0 Å². The van der Waals surface area contributed by atoms with Crippen LogP contribution >= 0.6 is 7.92 Å². The molecule has 1 unspecified atom stereocenters. The number of allylic oxidation sites excluding steroid dienone is 4. The lowest BCUT2D eigenvalue weighted by Gasteiger charge is -2.33. The molecule has 0 heterocycles. The first-order valence-corrected chi connectivity index (χ1v) is 7.84. The fraction of sp³-hybridized carbons (Fsp3) is 0.692. The highest BCUT2D eigenvalue weighted by Crippen LogP contribution is 2.42. The Morgan fingerprint density at radius 3 is 2.36 bits per heavy atom. The maximum absolute atomic E-state index is 2.40. The van der Waals surface area contributed by atoms with Crippen LogP contribution in [0.1, 0.15) is 27.2 Å². The first-order valence-electron chi connectivity index (χ1n) is 5.42. The molecular formula is C13H23P. The van der Waals surface area contributed by atoms with Crippen LogP contribution in [0.3, 0.4) is 0 Å². The SMILES string of the molecule is CP(C)CC(C1=CCC=C1)C(C)(C)C. The second-order valence-electron chi connectivity index (χ2n) is 5.52. The Bertz CT molecular complexity index is 240. The Morgan fingerprint density at radius 1 is 1.36 bits per heavy atom. The predicted molar refractivity (Wildman–Crippen MR) is 68.4 cm³/mol. The van der Waals surface area contributed by atoms with Crippen LogP contribution in [0.5, 0.6) is 0 Å². The minimum Gasteiger partial charge on any atom is -0.113 e. The quantitative estimate of drug-likeness (QED) is 0.610. The average Bonchev–Trinajstić information content (AvgIpc) is 2.49. The summed E-state index contributed by atoms with van der Waals surface area (Å²) in [6.07, 6.45) is 9.52. The van der Waals surface area contributed by atoms with Crippen LogP contribution in [0, 0.1) is 11.3 Å². The van der Waals surface area contributed by atoms with E-state index in [-0.39, 0.29) is 7.92 Å².